The van der Waals surface area contributed by atoms with Crippen LogP contribution in [0.2, 0.25) is 0 Å². The van der Waals surface area contributed by atoms with E-state index in [0.717, 1.165) is 19.0 Å². The maximum atomic E-state index is 4.25. The third kappa shape index (κ3) is 6.90. The quantitative estimate of drug-likeness (QED) is 0.431. The zero-order chi connectivity index (χ0) is 14.3. The van der Waals surface area contributed by atoms with E-state index in [1.807, 2.05) is 7.05 Å². The van der Waals surface area contributed by atoms with Gasteiger partial charge in [-0.3, -0.25) is 4.99 Å². The first-order chi connectivity index (χ1) is 9.04. The number of likely N-dealkylation sites (N-methyl/N-ethyl adjacent to an activating group) is 1. The van der Waals surface area contributed by atoms with Gasteiger partial charge >= 0.3 is 0 Å². The monoisotopic (exact) mass is 410 g/mol. The molecule has 1 aromatic heterocycles. The summed E-state index contributed by atoms with van der Waals surface area (Å²) in [5.74, 6) is 1.48. The summed E-state index contributed by atoms with van der Waals surface area (Å²) >= 11 is 1.79. The second-order valence-corrected chi connectivity index (χ2v) is 6.20. The van der Waals surface area contributed by atoms with Gasteiger partial charge in [-0.1, -0.05) is 19.9 Å². The van der Waals surface area contributed by atoms with Crippen molar-refractivity contribution in [2.75, 3.05) is 34.2 Å². The van der Waals surface area contributed by atoms with Crippen LogP contribution in [-0.4, -0.2) is 45.1 Å². The minimum absolute atomic E-state index is 0. The Morgan fingerprint density at radius 1 is 1.30 bits per heavy atom. The van der Waals surface area contributed by atoms with Gasteiger partial charge in [-0.05, 0) is 31.5 Å². The average molecular weight is 410 g/mol. The first-order valence-electron chi connectivity index (χ1n) is 6.69. The molecule has 1 unspecified atom stereocenters. The maximum absolute atomic E-state index is 4.25. The molecule has 1 heterocycles. The van der Waals surface area contributed by atoms with Gasteiger partial charge in [0.1, 0.15) is 0 Å². The van der Waals surface area contributed by atoms with Crippen LogP contribution in [0.15, 0.2) is 22.5 Å². The molecule has 20 heavy (non-hydrogen) atoms. The summed E-state index contributed by atoms with van der Waals surface area (Å²) in [5.41, 5.74) is 0. The Labute approximate surface area is 144 Å². The fourth-order valence-electron chi connectivity index (χ4n) is 1.73. The van der Waals surface area contributed by atoms with E-state index in [1.54, 1.807) is 11.3 Å². The number of aliphatic imine (C=N–C) groups is 1. The molecule has 0 fully saturated rings. The van der Waals surface area contributed by atoms with E-state index in [1.165, 1.54) is 4.88 Å². The van der Waals surface area contributed by atoms with E-state index < -0.39 is 0 Å². The van der Waals surface area contributed by atoms with E-state index in [4.69, 9.17) is 0 Å². The highest BCUT2D eigenvalue weighted by Crippen LogP contribution is 2.22. The standard InChI is InChI=1S/C14H26N4S.HI/c1-11(2)9-16-14(15-3)17-10-12(18(4)5)13-7-6-8-19-13;/h6-8,11-12H,9-10H2,1-5H3,(H2,15,16,17);1H. The third-order valence-electron chi connectivity index (χ3n) is 2.86. The van der Waals surface area contributed by atoms with Crippen molar-refractivity contribution in [1.82, 2.24) is 15.5 Å². The van der Waals surface area contributed by atoms with Crippen LogP contribution in [0.5, 0.6) is 0 Å². The molecule has 1 atom stereocenters. The third-order valence-corrected chi connectivity index (χ3v) is 3.83. The van der Waals surface area contributed by atoms with Crippen LogP contribution in [0.4, 0.5) is 0 Å². The van der Waals surface area contributed by atoms with Crippen LogP contribution in [-0.2, 0) is 0 Å². The lowest BCUT2D eigenvalue weighted by Gasteiger charge is -2.24. The Kier molecular flexibility index (Phi) is 10.2. The van der Waals surface area contributed by atoms with E-state index >= 15 is 0 Å². The molecule has 0 bridgehead atoms. The fourth-order valence-corrected chi connectivity index (χ4v) is 2.66. The average Bonchev–Trinajstić information content (AvgIpc) is 2.86. The molecule has 0 aromatic carbocycles. The van der Waals surface area contributed by atoms with E-state index in [9.17, 15) is 0 Å². The molecule has 4 nitrogen and oxygen atoms in total. The van der Waals surface area contributed by atoms with Gasteiger partial charge in [-0.25, -0.2) is 0 Å². The smallest absolute Gasteiger partial charge is 0.191 e. The summed E-state index contributed by atoms with van der Waals surface area (Å²) in [6.45, 7) is 6.17. The lowest BCUT2D eigenvalue weighted by Crippen LogP contribution is -2.42. The van der Waals surface area contributed by atoms with Crippen molar-refractivity contribution in [3.05, 3.63) is 22.4 Å². The molecule has 6 heteroatoms. The van der Waals surface area contributed by atoms with Gasteiger partial charge in [0, 0.05) is 25.0 Å². The largest absolute Gasteiger partial charge is 0.356 e. The summed E-state index contributed by atoms with van der Waals surface area (Å²) in [5, 5.41) is 8.85. The van der Waals surface area contributed by atoms with Crippen molar-refractivity contribution >= 4 is 41.3 Å². The highest BCUT2D eigenvalue weighted by atomic mass is 127. The molecule has 2 N–H and O–H groups in total. The van der Waals surface area contributed by atoms with Crippen molar-refractivity contribution in [2.45, 2.75) is 19.9 Å². The van der Waals surface area contributed by atoms with Crippen LogP contribution < -0.4 is 10.6 Å². The highest BCUT2D eigenvalue weighted by Gasteiger charge is 2.15. The second-order valence-electron chi connectivity index (χ2n) is 5.22. The molecule has 0 aliphatic rings. The molecule has 0 amide bonds. The molecule has 1 aromatic rings. The van der Waals surface area contributed by atoms with Crippen molar-refractivity contribution in [3.8, 4) is 0 Å². The lowest BCUT2D eigenvalue weighted by molar-refractivity contribution is 0.302. The molecule has 0 radical (unpaired) electrons. The van der Waals surface area contributed by atoms with Gasteiger partial charge in [-0.2, -0.15) is 0 Å². The van der Waals surface area contributed by atoms with Crippen LogP contribution in [0.3, 0.4) is 0 Å². The van der Waals surface area contributed by atoms with Crippen molar-refractivity contribution < 1.29 is 0 Å². The summed E-state index contributed by atoms with van der Waals surface area (Å²) in [4.78, 5) is 7.85. The summed E-state index contributed by atoms with van der Waals surface area (Å²) in [6.07, 6.45) is 0. The first kappa shape index (κ1) is 19.7. The predicted molar refractivity (Wildman–Crippen MR) is 100 cm³/mol. The van der Waals surface area contributed by atoms with Gasteiger partial charge in [0.15, 0.2) is 5.96 Å². The topological polar surface area (TPSA) is 39.7 Å². The van der Waals surface area contributed by atoms with Crippen LogP contribution >= 0.6 is 35.3 Å². The minimum Gasteiger partial charge on any atom is -0.356 e. The van der Waals surface area contributed by atoms with Gasteiger partial charge in [-0.15, -0.1) is 35.3 Å². The molecule has 0 saturated heterocycles. The second kappa shape index (κ2) is 10.4. The molecule has 0 spiro atoms. The molecule has 0 aliphatic heterocycles. The van der Waals surface area contributed by atoms with Gasteiger partial charge in [0.05, 0.1) is 6.04 Å². The number of hydrogen-bond donors (Lipinski definition) is 2. The van der Waals surface area contributed by atoms with Gasteiger partial charge in [0.2, 0.25) is 0 Å². The van der Waals surface area contributed by atoms with Crippen molar-refractivity contribution in [2.24, 2.45) is 10.9 Å². The summed E-state index contributed by atoms with van der Waals surface area (Å²) in [6, 6.07) is 4.65. The Morgan fingerprint density at radius 2 is 1.95 bits per heavy atom. The number of guanidine groups is 1. The molecule has 1 rings (SSSR count). The first-order valence-corrected chi connectivity index (χ1v) is 7.57. The van der Waals surface area contributed by atoms with Crippen molar-refractivity contribution in [3.63, 3.8) is 0 Å². The van der Waals surface area contributed by atoms with E-state index in [2.05, 4.69) is 66.0 Å². The fraction of sp³-hybridized carbons (Fsp3) is 0.643. The van der Waals surface area contributed by atoms with E-state index in [-0.39, 0.29) is 24.0 Å². The summed E-state index contributed by atoms with van der Waals surface area (Å²) in [7, 11) is 6.03. The van der Waals surface area contributed by atoms with Crippen LogP contribution in [0.1, 0.15) is 24.8 Å². The minimum atomic E-state index is 0. The number of nitrogens with one attached hydrogen (secondary N) is 2. The van der Waals surface area contributed by atoms with Crippen molar-refractivity contribution in [1.29, 1.82) is 0 Å². The number of nitrogens with zero attached hydrogens (tertiary/aromatic N) is 2. The van der Waals surface area contributed by atoms with Crippen LogP contribution in [0, 0.1) is 5.92 Å². The van der Waals surface area contributed by atoms with E-state index in [0.29, 0.717) is 12.0 Å². The van der Waals surface area contributed by atoms with Gasteiger partial charge < -0.3 is 15.5 Å². The number of halogens is 1. The predicted octanol–water partition coefficient (Wildman–Crippen LogP) is 2.79. The number of thiophene rings is 1. The highest BCUT2D eigenvalue weighted by molar-refractivity contribution is 14.0. The summed E-state index contributed by atoms with van der Waals surface area (Å²) < 4.78 is 0. The number of rotatable bonds is 6. The Balaban J connectivity index is 0.00000361. The molecule has 0 saturated carbocycles. The maximum Gasteiger partial charge on any atom is 0.191 e. The number of hydrogen-bond acceptors (Lipinski definition) is 3. The molecular weight excluding hydrogens is 383 g/mol. The molecule has 116 valence electrons. The molecular formula is C14H27IN4S. The SMILES string of the molecule is CN=C(NCC(C)C)NCC(c1cccs1)N(C)C.I. The normalized spacial score (nSPS) is 13.2. The Hall–Kier alpha value is -0.340. The molecule has 0 aliphatic carbocycles. The zero-order valence-electron chi connectivity index (χ0n) is 13.0. The zero-order valence-corrected chi connectivity index (χ0v) is 16.2. The van der Waals surface area contributed by atoms with Gasteiger partial charge in [0.25, 0.3) is 0 Å². The lowest BCUT2D eigenvalue weighted by atomic mass is 10.2. The van der Waals surface area contributed by atoms with Crippen LogP contribution in [0.25, 0.3) is 0 Å². The Morgan fingerprint density at radius 3 is 2.40 bits per heavy atom. The Bertz CT molecular complexity index is 377.